The average molecular weight is 500 g/mol. The Morgan fingerprint density at radius 2 is 1.70 bits per heavy atom. The second-order valence-corrected chi connectivity index (χ2v) is 8.43. The fourth-order valence-corrected chi connectivity index (χ4v) is 4.50. The van der Waals surface area contributed by atoms with E-state index in [9.17, 15) is 9.59 Å². The summed E-state index contributed by atoms with van der Waals surface area (Å²) >= 11 is 0. The summed E-state index contributed by atoms with van der Waals surface area (Å²) in [5, 5.41) is 8.22. The molecule has 1 N–H and O–H groups in total. The Morgan fingerprint density at radius 1 is 0.973 bits per heavy atom. The second-order valence-electron chi connectivity index (χ2n) is 8.43. The first-order chi connectivity index (χ1) is 17.9. The Morgan fingerprint density at radius 3 is 2.41 bits per heavy atom. The molecule has 2 aromatic heterocycles. The maximum atomic E-state index is 13.5. The molecule has 0 unspecified atom stereocenters. The molecule has 9 nitrogen and oxygen atoms in total. The molecule has 0 fully saturated rings. The molecule has 0 saturated carbocycles. The molecule has 2 heterocycles. The zero-order valence-electron chi connectivity index (χ0n) is 20.8. The number of ether oxygens (including phenoxy) is 3. The van der Waals surface area contributed by atoms with Crippen LogP contribution in [-0.4, -0.2) is 37.0 Å². The number of aromatic nitrogens is 2. The van der Waals surface area contributed by atoms with Crippen LogP contribution in [-0.2, 0) is 11.2 Å². The fourth-order valence-electron chi connectivity index (χ4n) is 4.50. The Hall–Kier alpha value is -4.79. The summed E-state index contributed by atoms with van der Waals surface area (Å²) in [4.78, 5) is 26.5. The predicted octanol–water partition coefficient (Wildman–Crippen LogP) is 4.65. The first-order valence-electron chi connectivity index (χ1n) is 11.5. The lowest BCUT2D eigenvalue weighted by atomic mass is 10.1. The number of anilines is 1. The summed E-state index contributed by atoms with van der Waals surface area (Å²) in [6.45, 7) is 1.72. The standard InChI is InChI=1S/C28H25N3O6/c1-16-25-26(30-37-16)20-10-5-6-11-21(20)31(28(25)33)19-9-7-8-17(12-19)13-24(32)29-18-14-22(34-2)27(36-4)23(15-18)35-3/h5-12,14-15H,13H2,1-4H3,(H,29,32). The third-order valence-electron chi connectivity index (χ3n) is 6.16. The molecule has 0 aliphatic carbocycles. The van der Waals surface area contributed by atoms with Crippen molar-refractivity contribution < 1.29 is 23.5 Å². The minimum absolute atomic E-state index is 0.0890. The number of rotatable bonds is 7. The predicted molar refractivity (Wildman–Crippen MR) is 140 cm³/mol. The van der Waals surface area contributed by atoms with Crippen LogP contribution >= 0.6 is 0 Å². The third kappa shape index (κ3) is 4.24. The summed E-state index contributed by atoms with van der Waals surface area (Å²) < 4.78 is 23.0. The Bertz CT molecular complexity index is 1680. The molecule has 0 bridgehead atoms. The number of fused-ring (bicyclic) bond motifs is 3. The van der Waals surface area contributed by atoms with Crippen LogP contribution in [0.3, 0.4) is 0 Å². The SMILES string of the molecule is COc1cc(NC(=O)Cc2cccc(-n3c(=O)c4c(C)onc4c4ccccc43)c2)cc(OC)c1OC. The number of aryl methyl sites for hydroxylation is 1. The first-order valence-corrected chi connectivity index (χ1v) is 11.5. The van der Waals surface area contributed by atoms with E-state index < -0.39 is 0 Å². The molecule has 0 radical (unpaired) electrons. The van der Waals surface area contributed by atoms with Crippen molar-refractivity contribution in [2.45, 2.75) is 13.3 Å². The van der Waals surface area contributed by atoms with Crippen LogP contribution in [0.15, 0.2) is 70.0 Å². The van der Waals surface area contributed by atoms with Gasteiger partial charge >= 0.3 is 0 Å². The van der Waals surface area contributed by atoms with Crippen LogP contribution in [0.25, 0.3) is 27.5 Å². The molecule has 5 aromatic rings. The molecule has 0 atom stereocenters. The zero-order chi connectivity index (χ0) is 26.1. The smallest absolute Gasteiger partial charge is 0.268 e. The van der Waals surface area contributed by atoms with Crippen LogP contribution < -0.4 is 25.1 Å². The average Bonchev–Trinajstić information content (AvgIpc) is 3.30. The quantitative estimate of drug-likeness (QED) is 0.348. The van der Waals surface area contributed by atoms with Crippen LogP contribution in [0.1, 0.15) is 11.3 Å². The molecule has 0 aliphatic heterocycles. The Kier molecular flexibility index (Phi) is 6.27. The molecule has 1 amide bonds. The number of carbonyl (C=O) groups excluding carboxylic acids is 1. The van der Waals surface area contributed by atoms with Crippen LogP contribution in [0.2, 0.25) is 0 Å². The number of methoxy groups -OCH3 is 3. The van der Waals surface area contributed by atoms with Gasteiger partial charge in [-0.2, -0.15) is 0 Å². The van der Waals surface area contributed by atoms with Crippen molar-refractivity contribution >= 4 is 33.4 Å². The van der Waals surface area contributed by atoms with Crippen molar-refractivity contribution in [3.63, 3.8) is 0 Å². The summed E-state index contributed by atoms with van der Waals surface area (Å²) in [5.41, 5.74) is 2.89. The largest absolute Gasteiger partial charge is 0.493 e. The minimum Gasteiger partial charge on any atom is -0.493 e. The number of hydrogen-bond acceptors (Lipinski definition) is 7. The van der Waals surface area contributed by atoms with Crippen molar-refractivity contribution in [3.8, 4) is 22.9 Å². The van der Waals surface area contributed by atoms with Crippen molar-refractivity contribution in [2.24, 2.45) is 0 Å². The van der Waals surface area contributed by atoms with E-state index in [2.05, 4.69) is 10.5 Å². The number of nitrogens with zero attached hydrogens (tertiary/aromatic N) is 2. The van der Waals surface area contributed by atoms with Gasteiger partial charge in [-0.25, -0.2) is 0 Å². The zero-order valence-corrected chi connectivity index (χ0v) is 20.8. The van der Waals surface area contributed by atoms with Crippen LogP contribution in [0, 0.1) is 6.92 Å². The topological polar surface area (TPSA) is 105 Å². The van der Waals surface area contributed by atoms with Gasteiger partial charge in [0.1, 0.15) is 16.7 Å². The number of pyridine rings is 1. The molecule has 3 aromatic carbocycles. The van der Waals surface area contributed by atoms with E-state index in [1.165, 1.54) is 21.3 Å². The molecule has 9 heteroatoms. The maximum Gasteiger partial charge on any atom is 0.268 e. The number of para-hydroxylation sites is 1. The van der Waals surface area contributed by atoms with E-state index >= 15 is 0 Å². The highest BCUT2D eigenvalue weighted by atomic mass is 16.5. The van der Waals surface area contributed by atoms with Gasteiger partial charge in [-0.3, -0.25) is 14.2 Å². The van der Waals surface area contributed by atoms with Gasteiger partial charge in [-0.05, 0) is 30.7 Å². The van der Waals surface area contributed by atoms with Crippen LogP contribution in [0.5, 0.6) is 17.2 Å². The van der Waals surface area contributed by atoms with E-state index in [0.717, 1.165) is 10.9 Å². The van der Waals surface area contributed by atoms with E-state index in [1.54, 1.807) is 23.6 Å². The minimum atomic E-state index is -0.242. The number of amides is 1. The maximum absolute atomic E-state index is 13.5. The van der Waals surface area contributed by atoms with Gasteiger partial charge in [-0.15, -0.1) is 0 Å². The molecule has 0 saturated heterocycles. The van der Waals surface area contributed by atoms with E-state index in [4.69, 9.17) is 18.7 Å². The number of carbonyl (C=O) groups is 1. The first kappa shape index (κ1) is 23.9. The van der Waals surface area contributed by atoms with E-state index in [1.807, 2.05) is 48.5 Å². The van der Waals surface area contributed by atoms with Crippen molar-refractivity contribution in [1.82, 2.24) is 9.72 Å². The van der Waals surface area contributed by atoms with Gasteiger partial charge in [0.2, 0.25) is 11.7 Å². The lowest BCUT2D eigenvalue weighted by molar-refractivity contribution is -0.115. The van der Waals surface area contributed by atoms with Gasteiger partial charge in [0.25, 0.3) is 5.56 Å². The van der Waals surface area contributed by atoms with Crippen molar-refractivity contribution in [1.29, 1.82) is 0 Å². The lowest BCUT2D eigenvalue weighted by Crippen LogP contribution is -2.20. The Labute approximate surface area is 212 Å². The second kappa shape index (κ2) is 9.69. The number of benzene rings is 3. The van der Waals surface area contributed by atoms with Gasteiger partial charge in [0, 0.05) is 28.9 Å². The summed E-state index contributed by atoms with van der Waals surface area (Å²) in [6, 6.07) is 18.2. The van der Waals surface area contributed by atoms with Gasteiger partial charge < -0.3 is 24.1 Å². The van der Waals surface area contributed by atoms with Gasteiger partial charge in [0.05, 0.1) is 33.3 Å². The van der Waals surface area contributed by atoms with Gasteiger partial charge in [0.15, 0.2) is 11.5 Å². The Balaban J connectivity index is 1.49. The molecule has 0 aliphatic rings. The monoisotopic (exact) mass is 499 g/mol. The van der Waals surface area contributed by atoms with Crippen LogP contribution in [0.4, 0.5) is 5.69 Å². The normalized spacial score (nSPS) is 11.0. The van der Waals surface area contributed by atoms with E-state index in [-0.39, 0.29) is 17.9 Å². The van der Waals surface area contributed by atoms with Crippen molar-refractivity contribution in [3.05, 3.63) is 82.3 Å². The van der Waals surface area contributed by atoms with Crippen molar-refractivity contribution in [2.75, 3.05) is 26.6 Å². The van der Waals surface area contributed by atoms with E-state index in [0.29, 0.717) is 50.8 Å². The molecule has 37 heavy (non-hydrogen) atoms. The summed E-state index contributed by atoms with van der Waals surface area (Å²) in [7, 11) is 4.54. The summed E-state index contributed by atoms with van der Waals surface area (Å²) in [5.74, 6) is 1.53. The highest BCUT2D eigenvalue weighted by molar-refractivity contribution is 6.04. The fraction of sp³-hybridized carbons (Fsp3) is 0.179. The number of hydrogen-bond donors (Lipinski definition) is 1. The molecule has 5 rings (SSSR count). The highest BCUT2D eigenvalue weighted by Gasteiger charge is 2.18. The summed E-state index contributed by atoms with van der Waals surface area (Å²) in [6.07, 6.45) is 0.0890. The lowest BCUT2D eigenvalue weighted by Gasteiger charge is -2.15. The molecular formula is C28H25N3O6. The molecule has 0 spiro atoms. The molecule has 188 valence electrons. The van der Waals surface area contributed by atoms with Gasteiger partial charge in [-0.1, -0.05) is 35.5 Å². The molecular weight excluding hydrogens is 474 g/mol. The third-order valence-corrected chi connectivity index (χ3v) is 6.16. The number of nitrogens with one attached hydrogen (secondary N) is 1. The highest BCUT2D eigenvalue weighted by Crippen LogP contribution is 2.40.